The van der Waals surface area contributed by atoms with E-state index >= 15 is 0 Å². The van der Waals surface area contributed by atoms with Gasteiger partial charge in [0.2, 0.25) is 5.91 Å². The Morgan fingerprint density at radius 2 is 2.10 bits per heavy atom. The highest BCUT2D eigenvalue weighted by atomic mass is 16.5. The number of imide groups is 1. The zero-order chi connectivity index (χ0) is 15.8. The number of amides is 2. The molecule has 21 heavy (non-hydrogen) atoms. The molecule has 7 heteroatoms. The average Bonchev–Trinajstić information content (AvgIpc) is 2.83. The number of hydrogen-bond acceptors (Lipinski definition) is 5. The number of likely N-dealkylation sites (N-methyl/N-ethyl adjacent to an activating group) is 1. The molecular weight excluding hydrogens is 274 g/mol. The van der Waals surface area contributed by atoms with E-state index in [1.807, 2.05) is 0 Å². The SMILES string of the molecule is CCOC(=O)CCN(C)CC(=O)NC(=O)c1cccn1C. The highest BCUT2D eigenvalue weighted by Gasteiger charge is 2.14. The molecule has 1 rings (SSSR count). The Bertz CT molecular complexity index is 510. The van der Waals surface area contributed by atoms with Crippen LogP contribution in [0.4, 0.5) is 0 Å². The van der Waals surface area contributed by atoms with Crippen molar-refractivity contribution in [1.82, 2.24) is 14.8 Å². The lowest BCUT2D eigenvalue weighted by Gasteiger charge is -2.15. The van der Waals surface area contributed by atoms with E-state index in [1.165, 1.54) is 0 Å². The van der Waals surface area contributed by atoms with Crippen LogP contribution in [0.2, 0.25) is 0 Å². The van der Waals surface area contributed by atoms with Gasteiger partial charge in [-0.15, -0.1) is 0 Å². The number of carbonyl (C=O) groups is 3. The highest BCUT2D eigenvalue weighted by Crippen LogP contribution is 1.99. The van der Waals surface area contributed by atoms with Gasteiger partial charge in [-0.3, -0.25) is 24.6 Å². The van der Waals surface area contributed by atoms with Crippen molar-refractivity contribution in [3.8, 4) is 0 Å². The maximum Gasteiger partial charge on any atom is 0.307 e. The summed E-state index contributed by atoms with van der Waals surface area (Å²) < 4.78 is 6.43. The molecule has 0 atom stereocenters. The Morgan fingerprint density at radius 3 is 2.67 bits per heavy atom. The van der Waals surface area contributed by atoms with Crippen molar-refractivity contribution < 1.29 is 19.1 Å². The number of aryl methyl sites for hydroxylation is 1. The van der Waals surface area contributed by atoms with Crippen LogP contribution in [0.3, 0.4) is 0 Å². The summed E-state index contributed by atoms with van der Waals surface area (Å²) in [5.41, 5.74) is 0.414. The van der Waals surface area contributed by atoms with Gasteiger partial charge in [0, 0.05) is 19.8 Å². The van der Waals surface area contributed by atoms with Crippen LogP contribution in [-0.4, -0.2) is 54.0 Å². The minimum atomic E-state index is -0.439. The minimum Gasteiger partial charge on any atom is -0.466 e. The number of ether oxygens (including phenoxy) is 1. The summed E-state index contributed by atoms with van der Waals surface area (Å²) in [6.07, 6.45) is 1.94. The van der Waals surface area contributed by atoms with E-state index in [0.29, 0.717) is 18.8 Å². The van der Waals surface area contributed by atoms with Crippen LogP contribution in [0.15, 0.2) is 18.3 Å². The van der Waals surface area contributed by atoms with Gasteiger partial charge < -0.3 is 9.30 Å². The van der Waals surface area contributed by atoms with E-state index < -0.39 is 11.8 Å². The van der Waals surface area contributed by atoms with Crippen LogP contribution >= 0.6 is 0 Å². The van der Waals surface area contributed by atoms with Gasteiger partial charge in [-0.25, -0.2) is 0 Å². The fraction of sp³-hybridized carbons (Fsp3) is 0.500. The number of rotatable bonds is 7. The first-order valence-electron chi connectivity index (χ1n) is 6.73. The third-order valence-electron chi connectivity index (χ3n) is 2.85. The van der Waals surface area contributed by atoms with Crippen molar-refractivity contribution in [3.63, 3.8) is 0 Å². The Hall–Kier alpha value is -2.15. The largest absolute Gasteiger partial charge is 0.466 e. The zero-order valence-corrected chi connectivity index (χ0v) is 12.6. The molecule has 0 spiro atoms. The number of carbonyl (C=O) groups excluding carboxylic acids is 3. The standard InChI is InChI=1S/C14H21N3O4/c1-4-21-13(19)7-9-16(2)10-12(18)15-14(20)11-6-5-8-17(11)3/h5-6,8H,4,7,9-10H2,1-3H3,(H,15,18,20). The van der Waals surface area contributed by atoms with Gasteiger partial charge in [-0.1, -0.05) is 0 Å². The fourth-order valence-electron chi connectivity index (χ4n) is 1.77. The van der Waals surface area contributed by atoms with Crippen LogP contribution in [0, 0.1) is 0 Å². The summed E-state index contributed by atoms with van der Waals surface area (Å²) in [4.78, 5) is 36.4. The molecule has 1 heterocycles. The van der Waals surface area contributed by atoms with Gasteiger partial charge in [0.15, 0.2) is 0 Å². The summed E-state index contributed by atoms with van der Waals surface area (Å²) in [7, 11) is 3.43. The molecular formula is C14H21N3O4. The molecule has 0 aromatic carbocycles. The number of esters is 1. The summed E-state index contributed by atoms with van der Waals surface area (Å²) in [6.45, 7) is 2.51. The molecule has 7 nitrogen and oxygen atoms in total. The molecule has 0 unspecified atom stereocenters. The Balaban J connectivity index is 2.34. The number of hydrogen-bond donors (Lipinski definition) is 1. The molecule has 116 valence electrons. The van der Waals surface area contributed by atoms with Gasteiger partial charge in [0.25, 0.3) is 5.91 Å². The van der Waals surface area contributed by atoms with E-state index in [-0.39, 0.29) is 18.9 Å². The van der Waals surface area contributed by atoms with Gasteiger partial charge >= 0.3 is 5.97 Å². The van der Waals surface area contributed by atoms with Gasteiger partial charge in [-0.05, 0) is 26.1 Å². The molecule has 0 aliphatic heterocycles. The van der Waals surface area contributed by atoms with Crippen molar-refractivity contribution in [2.45, 2.75) is 13.3 Å². The molecule has 0 fully saturated rings. The highest BCUT2D eigenvalue weighted by molar-refractivity contribution is 6.04. The predicted octanol–water partition coefficient (Wildman–Crippen LogP) is 0.167. The lowest BCUT2D eigenvalue weighted by Crippen LogP contribution is -2.39. The van der Waals surface area contributed by atoms with E-state index in [9.17, 15) is 14.4 Å². The molecule has 0 bridgehead atoms. The first kappa shape index (κ1) is 16.9. The van der Waals surface area contributed by atoms with Crippen LogP contribution in [0.5, 0.6) is 0 Å². The molecule has 0 saturated carbocycles. The van der Waals surface area contributed by atoms with Crippen molar-refractivity contribution in [1.29, 1.82) is 0 Å². The summed E-state index contributed by atoms with van der Waals surface area (Å²) in [5, 5.41) is 2.31. The first-order chi connectivity index (χ1) is 9.93. The van der Waals surface area contributed by atoms with Crippen LogP contribution in [-0.2, 0) is 21.4 Å². The van der Waals surface area contributed by atoms with Gasteiger partial charge in [0.1, 0.15) is 5.69 Å². The Labute approximate surface area is 123 Å². The first-order valence-corrected chi connectivity index (χ1v) is 6.73. The monoisotopic (exact) mass is 295 g/mol. The second kappa shape index (κ2) is 8.21. The Kier molecular flexibility index (Phi) is 6.61. The second-order valence-corrected chi connectivity index (χ2v) is 4.67. The van der Waals surface area contributed by atoms with E-state index in [1.54, 1.807) is 48.8 Å². The van der Waals surface area contributed by atoms with E-state index in [4.69, 9.17) is 4.74 Å². The molecule has 0 radical (unpaired) electrons. The molecule has 2 amide bonds. The smallest absolute Gasteiger partial charge is 0.307 e. The third-order valence-corrected chi connectivity index (χ3v) is 2.85. The maximum atomic E-state index is 11.8. The van der Waals surface area contributed by atoms with Crippen molar-refractivity contribution in [2.24, 2.45) is 7.05 Å². The summed E-state index contributed by atoms with van der Waals surface area (Å²) >= 11 is 0. The fourth-order valence-corrected chi connectivity index (χ4v) is 1.77. The van der Waals surface area contributed by atoms with Gasteiger partial charge in [-0.2, -0.15) is 0 Å². The summed E-state index contributed by atoms with van der Waals surface area (Å²) in [5.74, 6) is -1.15. The maximum absolute atomic E-state index is 11.8. The molecule has 1 N–H and O–H groups in total. The van der Waals surface area contributed by atoms with E-state index in [0.717, 1.165) is 0 Å². The van der Waals surface area contributed by atoms with Crippen LogP contribution < -0.4 is 5.32 Å². The van der Waals surface area contributed by atoms with Crippen molar-refractivity contribution in [2.75, 3.05) is 26.7 Å². The molecule has 0 aliphatic rings. The Morgan fingerprint density at radius 1 is 1.38 bits per heavy atom. The third kappa shape index (κ3) is 5.78. The van der Waals surface area contributed by atoms with Crippen LogP contribution in [0.25, 0.3) is 0 Å². The molecule has 1 aromatic heterocycles. The van der Waals surface area contributed by atoms with Crippen molar-refractivity contribution in [3.05, 3.63) is 24.0 Å². The van der Waals surface area contributed by atoms with Gasteiger partial charge in [0.05, 0.1) is 19.6 Å². The molecule has 1 aromatic rings. The average molecular weight is 295 g/mol. The number of aromatic nitrogens is 1. The number of nitrogens with one attached hydrogen (secondary N) is 1. The number of nitrogens with zero attached hydrogens (tertiary/aromatic N) is 2. The molecule has 0 saturated heterocycles. The quantitative estimate of drug-likeness (QED) is 0.725. The van der Waals surface area contributed by atoms with Crippen molar-refractivity contribution >= 4 is 17.8 Å². The lowest BCUT2D eigenvalue weighted by atomic mass is 10.3. The second-order valence-electron chi connectivity index (χ2n) is 4.67. The molecule has 0 aliphatic carbocycles. The van der Waals surface area contributed by atoms with E-state index in [2.05, 4.69) is 5.32 Å². The topological polar surface area (TPSA) is 80.6 Å². The lowest BCUT2D eigenvalue weighted by molar-refractivity contribution is -0.143. The minimum absolute atomic E-state index is 0.0373. The zero-order valence-electron chi connectivity index (χ0n) is 12.6. The predicted molar refractivity (Wildman–Crippen MR) is 76.6 cm³/mol. The summed E-state index contributed by atoms with van der Waals surface area (Å²) in [6, 6.07) is 3.36. The normalized spacial score (nSPS) is 10.5. The van der Waals surface area contributed by atoms with Crippen LogP contribution in [0.1, 0.15) is 23.8 Å².